The molecule has 6 rings (SSSR count). The van der Waals surface area contributed by atoms with Gasteiger partial charge in [0.15, 0.2) is 0 Å². The smallest absolute Gasteiger partial charge is 0.0461 e. The number of rotatable bonds is 7. The third-order valence-electron chi connectivity index (χ3n) is 8.46. The van der Waals surface area contributed by atoms with Crippen LogP contribution in [-0.2, 0) is 0 Å². The largest absolute Gasteiger partial charge is 0.311 e. The summed E-state index contributed by atoms with van der Waals surface area (Å²) < 4.78 is 0. The normalized spacial score (nSPS) is 11.7. The second-order valence-corrected chi connectivity index (χ2v) is 10.9. The van der Waals surface area contributed by atoms with Crippen LogP contribution in [0, 0.1) is 5.92 Å². The quantitative estimate of drug-likeness (QED) is 0.175. The Kier molecular flexibility index (Phi) is 19.9. The van der Waals surface area contributed by atoms with Crippen molar-refractivity contribution in [1.29, 1.82) is 0 Å². The molecule has 0 saturated heterocycles. The van der Waals surface area contributed by atoms with E-state index in [1.54, 1.807) is 0 Å². The van der Waals surface area contributed by atoms with Crippen molar-refractivity contribution in [3.8, 4) is 11.1 Å². The lowest BCUT2D eigenvalue weighted by Crippen LogP contribution is -2.09. The second kappa shape index (κ2) is 20.8. The third kappa shape index (κ3) is 9.46. The van der Waals surface area contributed by atoms with E-state index in [4.69, 9.17) is 0 Å². The van der Waals surface area contributed by atoms with Crippen LogP contribution >= 0.6 is 0 Å². The fourth-order valence-electron chi connectivity index (χ4n) is 5.83. The van der Waals surface area contributed by atoms with Crippen LogP contribution in [0.4, 0.5) is 17.1 Å². The molecule has 1 aliphatic carbocycles. The highest BCUT2D eigenvalue weighted by Gasteiger charge is 2.30. The molecule has 0 aromatic heterocycles. The molecule has 2 atom stereocenters. The number of benzene rings is 5. The fraction of sp³-hybridized carbons (Fsp3) is 0.333. The zero-order valence-corrected chi connectivity index (χ0v) is 24.3. The van der Waals surface area contributed by atoms with E-state index in [0.29, 0.717) is 17.8 Å². The molecule has 0 aliphatic heterocycles. The minimum atomic E-state index is 0. The zero-order chi connectivity index (χ0) is 27.9. The first-order chi connectivity index (χ1) is 19.6. The first-order valence-corrected chi connectivity index (χ1v) is 14.8. The summed E-state index contributed by atoms with van der Waals surface area (Å²) in [7, 11) is 0. The molecule has 0 amide bonds. The molecule has 2 unspecified atom stereocenters. The molecule has 0 heterocycles. The standard InChI is InChI=1S/C22H23N.C17H18.6CH4/c1-3-18(2)19-14-16-22(17-15-19)23(20-10-6-4-7-11-20)21-12-8-5-9-13-21;1-3-12(2)17-15-10-6-4-8-13(15)14-9-5-7-11-16(14)17;;;;;;/h4-18H,3H2,1-2H3;4-12,17H,3H2,1-2H3;6*1H4. The highest BCUT2D eigenvalue weighted by molar-refractivity contribution is 5.79. The fourth-order valence-corrected chi connectivity index (χ4v) is 5.83. The summed E-state index contributed by atoms with van der Waals surface area (Å²) in [5.74, 6) is 1.90. The molecule has 5 aromatic rings. The average molecular weight is 620 g/mol. The maximum Gasteiger partial charge on any atom is 0.0461 e. The van der Waals surface area contributed by atoms with Gasteiger partial charge in [-0.15, -0.1) is 0 Å². The van der Waals surface area contributed by atoms with E-state index in [9.17, 15) is 0 Å². The highest BCUT2D eigenvalue weighted by Crippen LogP contribution is 2.48. The molecule has 1 aliphatic rings. The van der Waals surface area contributed by atoms with Crippen LogP contribution in [0.15, 0.2) is 133 Å². The first-order valence-electron chi connectivity index (χ1n) is 14.8. The monoisotopic (exact) mass is 620 g/mol. The summed E-state index contributed by atoms with van der Waals surface area (Å²) in [6.07, 6.45) is 2.40. The molecular formula is C45H65N. The van der Waals surface area contributed by atoms with E-state index < -0.39 is 0 Å². The van der Waals surface area contributed by atoms with E-state index in [1.165, 1.54) is 57.7 Å². The average Bonchev–Trinajstić information content (AvgIpc) is 3.37. The first kappa shape index (κ1) is 44.0. The molecule has 0 spiro atoms. The summed E-state index contributed by atoms with van der Waals surface area (Å²) in [6.45, 7) is 9.16. The molecule has 0 N–H and O–H groups in total. The number of para-hydroxylation sites is 2. The Bertz CT molecular complexity index is 1400. The Labute approximate surface area is 285 Å². The van der Waals surface area contributed by atoms with Gasteiger partial charge < -0.3 is 4.90 Å². The van der Waals surface area contributed by atoms with Gasteiger partial charge >= 0.3 is 0 Å². The van der Waals surface area contributed by atoms with Crippen LogP contribution in [-0.4, -0.2) is 0 Å². The molecular weight excluding hydrogens is 555 g/mol. The van der Waals surface area contributed by atoms with Gasteiger partial charge in [-0.2, -0.15) is 0 Å². The SMILES string of the molecule is C.C.C.C.C.C.CCC(C)C1c2ccccc2-c2ccccc21.CCC(C)c1ccc(N(c2ccccc2)c2ccccc2)cc1. The molecule has 250 valence electrons. The molecule has 5 aromatic carbocycles. The van der Waals surface area contributed by atoms with E-state index in [-0.39, 0.29) is 44.6 Å². The molecule has 0 radical (unpaired) electrons. The van der Waals surface area contributed by atoms with Gasteiger partial charge in [-0.05, 0) is 82.5 Å². The van der Waals surface area contributed by atoms with Crippen LogP contribution < -0.4 is 4.90 Å². The van der Waals surface area contributed by atoms with Crippen molar-refractivity contribution in [3.63, 3.8) is 0 Å². The van der Waals surface area contributed by atoms with Crippen LogP contribution in [0.2, 0.25) is 0 Å². The Balaban J connectivity index is 0. The minimum absolute atomic E-state index is 0. The van der Waals surface area contributed by atoms with Crippen molar-refractivity contribution in [3.05, 3.63) is 150 Å². The van der Waals surface area contributed by atoms with Gasteiger partial charge in [-0.1, -0.05) is 176 Å². The Morgan fingerprint density at radius 1 is 0.457 bits per heavy atom. The predicted molar refractivity (Wildman–Crippen MR) is 213 cm³/mol. The molecule has 1 nitrogen and oxygen atoms in total. The number of nitrogens with zero attached hydrogens (tertiary/aromatic N) is 1. The van der Waals surface area contributed by atoms with Crippen molar-refractivity contribution in [1.82, 2.24) is 0 Å². The van der Waals surface area contributed by atoms with E-state index >= 15 is 0 Å². The van der Waals surface area contributed by atoms with Crippen molar-refractivity contribution >= 4 is 17.1 Å². The number of hydrogen-bond donors (Lipinski definition) is 0. The summed E-state index contributed by atoms with van der Waals surface area (Å²) in [5.41, 5.74) is 10.9. The van der Waals surface area contributed by atoms with Crippen molar-refractivity contribution < 1.29 is 0 Å². The lowest BCUT2D eigenvalue weighted by Gasteiger charge is -2.25. The second-order valence-electron chi connectivity index (χ2n) is 10.9. The van der Waals surface area contributed by atoms with Crippen LogP contribution in [0.1, 0.15) is 114 Å². The maximum absolute atomic E-state index is 2.36. The zero-order valence-electron chi connectivity index (χ0n) is 24.3. The number of anilines is 3. The topological polar surface area (TPSA) is 3.24 Å². The van der Waals surface area contributed by atoms with Gasteiger partial charge in [-0.25, -0.2) is 0 Å². The summed E-state index contributed by atoms with van der Waals surface area (Å²) >= 11 is 0. The highest BCUT2D eigenvalue weighted by atomic mass is 15.1. The van der Waals surface area contributed by atoms with E-state index in [0.717, 1.165) is 0 Å². The van der Waals surface area contributed by atoms with E-state index in [1.807, 2.05) is 0 Å². The van der Waals surface area contributed by atoms with Crippen molar-refractivity contribution in [2.75, 3.05) is 4.90 Å². The Morgan fingerprint density at radius 2 is 0.826 bits per heavy atom. The van der Waals surface area contributed by atoms with Crippen LogP contribution in [0.5, 0.6) is 0 Å². The molecule has 46 heavy (non-hydrogen) atoms. The Hall–Kier alpha value is -4.10. The minimum Gasteiger partial charge on any atom is -0.311 e. The van der Waals surface area contributed by atoms with Crippen LogP contribution in [0.3, 0.4) is 0 Å². The van der Waals surface area contributed by atoms with Gasteiger partial charge in [0, 0.05) is 23.0 Å². The molecule has 0 bridgehead atoms. The van der Waals surface area contributed by atoms with E-state index in [2.05, 4.69) is 166 Å². The van der Waals surface area contributed by atoms with Gasteiger partial charge in [-0.3, -0.25) is 0 Å². The number of fused-ring (bicyclic) bond motifs is 3. The van der Waals surface area contributed by atoms with Gasteiger partial charge in [0.1, 0.15) is 0 Å². The van der Waals surface area contributed by atoms with Crippen molar-refractivity contribution in [2.45, 2.75) is 96.9 Å². The summed E-state index contributed by atoms with van der Waals surface area (Å²) in [5, 5.41) is 0. The predicted octanol–water partition coefficient (Wildman–Crippen LogP) is 15.3. The molecule has 1 heteroatoms. The number of hydrogen-bond acceptors (Lipinski definition) is 1. The third-order valence-corrected chi connectivity index (χ3v) is 8.46. The Morgan fingerprint density at radius 3 is 1.22 bits per heavy atom. The molecule has 0 fully saturated rings. The van der Waals surface area contributed by atoms with Gasteiger partial charge in [0.05, 0.1) is 0 Å². The maximum atomic E-state index is 2.36. The lowest BCUT2D eigenvalue weighted by molar-refractivity contribution is 0.503. The summed E-state index contributed by atoms with van der Waals surface area (Å²) in [4.78, 5) is 2.29. The van der Waals surface area contributed by atoms with Crippen LogP contribution in [0.25, 0.3) is 11.1 Å². The van der Waals surface area contributed by atoms with Gasteiger partial charge in [0.25, 0.3) is 0 Å². The van der Waals surface area contributed by atoms with Crippen molar-refractivity contribution in [2.24, 2.45) is 5.92 Å². The summed E-state index contributed by atoms with van der Waals surface area (Å²) in [6, 6.07) is 47.7. The van der Waals surface area contributed by atoms with Gasteiger partial charge in [0.2, 0.25) is 0 Å². The molecule has 0 saturated carbocycles. The lowest BCUT2D eigenvalue weighted by atomic mass is 9.84.